The first-order valence-corrected chi connectivity index (χ1v) is 11.1. The van der Waals surface area contributed by atoms with Gasteiger partial charge in [0, 0.05) is 36.8 Å². The van der Waals surface area contributed by atoms with Gasteiger partial charge in [-0.1, -0.05) is 29.0 Å². The monoisotopic (exact) mass is 481 g/mol. The maximum Gasteiger partial charge on any atom is 0.260 e. The van der Waals surface area contributed by atoms with Crippen LogP contribution in [0, 0.1) is 6.92 Å². The summed E-state index contributed by atoms with van der Waals surface area (Å²) in [4.78, 5) is 22.3. The van der Waals surface area contributed by atoms with Gasteiger partial charge in [0.1, 0.15) is 11.3 Å². The molecule has 9 heteroatoms. The Morgan fingerprint density at radius 2 is 1.94 bits per heavy atom. The molecule has 0 radical (unpaired) electrons. The SMILES string of the molecule is COc1ccc(C)c2sc(N(CCN3CCOCC3)C(=O)c3ccc(Cl)cc3)nc12.Cl. The molecule has 31 heavy (non-hydrogen) atoms. The minimum Gasteiger partial charge on any atom is -0.494 e. The Hall–Kier alpha value is -1.90. The van der Waals surface area contributed by atoms with Gasteiger partial charge in [0.25, 0.3) is 5.91 Å². The number of nitrogens with zero attached hydrogens (tertiary/aromatic N) is 3. The van der Waals surface area contributed by atoms with Crippen molar-refractivity contribution in [3.63, 3.8) is 0 Å². The third-order valence-electron chi connectivity index (χ3n) is 5.22. The molecule has 0 bridgehead atoms. The highest BCUT2D eigenvalue weighted by Gasteiger charge is 2.24. The fourth-order valence-electron chi connectivity index (χ4n) is 3.48. The molecule has 1 aliphatic rings. The van der Waals surface area contributed by atoms with Crippen molar-refractivity contribution in [3.8, 4) is 5.75 Å². The predicted octanol–water partition coefficient (Wildman–Crippen LogP) is 4.67. The zero-order valence-electron chi connectivity index (χ0n) is 17.5. The van der Waals surface area contributed by atoms with E-state index in [0.717, 1.165) is 48.6 Å². The molecule has 6 nitrogen and oxygen atoms in total. The molecule has 1 saturated heterocycles. The predicted molar refractivity (Wildman–Crippen MR) is 129 cm³/mol. The number of halogens is 2. The second-order valence-corrected chi connectivity index (χ2v) is 8.59. The number of aryl methyl sites for hydroxylation is 1. The number of hydrogen-bond acceptors (Lipinski definition) is 6. The van der Waals surface area contributed by atoms with Gasteiger partial charge in [0.05, 0.1) is 25.0 Å². The van der Waals surface area contributed by atoms with E-state index < -0.39 is 0 Å². The number of methoxy groups -OCH3 is 1. The first-order valence-electron chi connectivity index (χ1n) is 9.88. The molecule has 1 amide bonds. The van der Waals surface area contributed by atoms with E-state index in [1.165, 1.54) is 11.3 Å². The number of morpholine rings is 1. The Balaban J connectivity index is 0.00000272. The summed E-state index contributed by atoms with van der Waals surface area (Å²) in [7, 11) is 1.64. The minimum absolute atomic E-state index is 0. The maximum absolute atomic E-state index is 13.4. The average Bonchev–Trinajstić information content (AvgIpc) is 3.21. The molecule has 0 unspecified atom stereocenters. The summed E-state index contributed by atoms with van der Waals surface area (Å²) in [6, 6.07) is 10.9. The Kier molecular flexibility index (Phi) is 8.13. The summed E-state index contributed by atoms with van der Waals surface area (Å²) in [5.41, 5.74) is 2.49. The first kappa shape index (κ1) is 23.8. The van der Waals surface area contributed by atoms with Crippen molar-refractivity contribution in [1.82, 2.24) is 9.88 Å². The molecule has 0 aliphatic carbocycles. The highest BCUT2D eigenvalue weighted by molar-refractivity contribution is 7.22. The summed E-state index contributed by atoms with van der Waals surface area (Å²) in [6.45, 7) is 6.54. The highest BCUT2D eigenvalue weighted by atomic mass is 35.5. The first-order chi connectivity index (χ1) is 14.6. The Bertz CT molecular complexity index is 1040. The molecule has 3 aromatic rings. The van der Waals surface area contributed by atoms with Crippen molar-refractivity contribution < 1.29 is 14.3 Å². The fourth-order valence-corrected chi connectivity index (χ4v) is 4.68. The Morgan fingerprint density at radius 1 is 1.23 bits per heavy atom. The second-order valence-electron chi connectivity index (χ2n) is 7.18. The van der Waals surface area contributed by atoms with Crippen molar-refractivity contribution in [2.24, 2.45) is 0 Å². The van der Waals surface area contributed by atoms with Crippen molar-refractivity contribution in [3.05, 3.63) is 52.5 Å². The van der Waals surface area contributed by atoms with Crippen LogP contribution in [0.4, 0.5) is 5.13 Å². The Labute approximate surface area is 197 Å². The fraction of sp³-hybridized carbons (Fsp3) is 0.364. The normalized spacial score (nSPS) is 14.3. The third-order valence-corrected chi connectivity index (χ3v) is 6.69. The van der Waals surface area contributed by atoms with Gasteiger partial charge in [-0.25, -0.2) is 4.98 Å². The zero-order valence-corrected chi connectivity index (χ0v) is 19.9. The number of ether oxygens (including phenoxy) is 2. The highest BCUT2D eigenvalue weighted by Crippen LogP contribution is 2.36. The van der Waals surface area contributed by atoms with Crippen molar-refractivity contribution >= 4 is 56.6 Å². The van der Waals surface area contributed by atoms with E-state index in [4.69, 9.17) is 26.1 Å². The van der Waals surface area contributed by atoms with Crippen LogP contribution in [0.3, 0.4) is 0 Å². The number of rotatable bonds is 6. The summed E-state index contributed by atoms with van der Waals surface area (Å²) >= 11 is 7.53. The summed E-state index contributed by atoms with van der Waals surface area (Å²) in [5, 5.41) is 1.28. The van der Waals surface area contributed by atoms with Gasteiger partial charge < -0.3 is 9.47 Å². The van der Waals surface area contributed by atoms with E-state index in [1.54, 1.807) is 36.3 Å². The van der Waals surface area contributed by atoms with Gasteiger partial charge in [-0.3, -0.25) is 14.6 Å². The van der Waals surface area contributed by atoms with Crippen LogP contribution in [0.25, 0.3) is 10.2 Å². The van der Waals surface area contributed by atoms with Crippen molar-refractivity contribution in [1.29, 1.82) is 0 Å². The van der Waals surface area contributed by atoms with Crippen LogP contribution in [0.5, 0.6) is 5.75 Å². The lowest BCUT2D eigenvalue weighted by molar-refractivity contribution is 0.0391. The number of carbonyl (C=O) groups excluding carboxylic acids is 1. The van der Waals surface area contributed by atoms with Crippen LogP contribution in [0.1, 0.15) is 15.9 Å². The Morgan fingerprint density at radius 3 is 2.61 bits per heavy atom. The molecule has 1 aliphatic heterocycles. The van der Waals surface area contributed by atoms with E-state index >= 15 is 0 Å². The molecule has 2 heterocycles. The number of hydrogen-bond donors (Lipinski definition) is 0. The van der Waals surface area contributed by atoms with Gasteiger partial charge in [-0.15, -0.1) is 12.4 Å². The van der Waals surface area contributed by atoms with E-state index in [0.29, 0.717) is 28.0 Å². The molecule has 4 rings (SSSR count). The molecule has 2 aromatic carbocycles. The smallest absolute Gasteiger partial charge is 0.260 e. The van der Waals surface area contributed by atoms with Crippen LogP contribution in [0.15, 0.2) is 36.4 Å². The molecule has 0 atom stereocenters. The van der Waals surface area contributed by atoms with Gasteiger partial charge in [-0.2, -0.15) is 0 Å². The van der Waals surface area contributed by atoms with Crippen LogP contribution in [0.2, 0.25) is 5.02 Å². The second kappa shape index (κ2) is 10.6. The topological polar surface area (TPSA) is 54.9 Å². The zero-order chi connectivity index (χ0) is 21.1. The van der Waals surface area contributed by atoms with Gasteiger partial charge in [-0.05, 0) is 42.8 Å². The average molecular weight is 482 g/mol. The number of carbonyl (C=O) groups is 1. The number of aromatic nitrogens is 1. The maximum atomic E-state index is 13.4. The molecular weight excluding hydrogens is 457 g/mol. The summed E-state index contributed by atoms with van der Waals surface area (Å²) in [6.07, 6.45) is 0. The van der Waals surface area contributed by atoms with Gasteiger partial charge in [0.15, 0.2) is 5.13 Å². The number of thiazole rings is 1. The van der Waals surface area contributed by atoms with E-state index in [-0.39, 0.29) is 18.3 Å². The summed E-state index contributed by atoms with van der Waals surface area (Å²) < 4.78 is 12.0. The lowest BCUT2D eigenvalue weighted by Gasteiger charge is -2.29. The van der Waals surface area contributed by atoms with E-state index in [2.05, 4.69) is 4.90 Å². The van der Waals surface area contributed by atoms with Gasteiger partial charge >= 0.3 is 0 Å². The molecule has 166 valence electrons. The van der Waals surface area contributed by atoms with Crippen LogP contribution >= 0.6 is 35.3 Å². The van der Waals surface area contributed by atoms with Crippen LogP contribution in [-0.4, -0.2) is 62.3 Å². The number of amides is 1. The molecule has 0 spiro atoms. The number of anilines is 1. The molecule has 0 N–H and O–H groups in total. The molecular formula is C22H25Cl2N3O3S. The number of fused-ring (bicyclic) bond motifs is 1. The largest absolute Gasteiger partial charge is 0.494 e. The van der Waals surface area contributed by atoms with Crippen LogP contribution in [-0.2, 0) is 4.74 Å². The summed E-state index contributed by atoms with van der Waals surface area (Å²) in [5.74, 6) is 0.626. The van der Waals surface area contributed by atoms with E-state index in [9.17, 15) is 4.79 Å². The van der Waals surface area contributed by atoms with Crippen LogP contribution < -0.4 is 9.64 Å². The quantitative estimate of drug-likeness (QED) is 0.511. The van der Waals surface area contributed by atoms with E-state index in [1.807, 2.05) is 19.1 Å². The standard InChI is InChI=1S/C22H24ClN3O3S.ClH/c1-15-3-8-18(28-2)19-20(15)30-22(24-19)26(10-9-25-11-13-29-14-12-25)21(27)16-4-6-17(23)7-5-16;/h3-8H,9-14H2,1-2H3;1H. The molecule has 1 fully saturated rings. The molecule has 0 saturated carbocycles. The van der Waals surface area contributed by atoms with Gasteiger partial charge in [0.2, 0.25) is 0 Å². The molecule has 1 aromatic heterocycles. The lowest BCUT2D eigenvalue weighted by atomic mass is 10.2. The van der Waals surface area contributed by atoms with Crippen molar-refractivity contribution in [2.75, 3.05) is 51.4 Å². The third kappa shape index (κ3) is 5.30. The number of benzene rings is 2. The lowest BCUT2D eigenvalue weighted by Crippen LogP contribution is -2.43. The minimum atomic E-state index is -0.0874. The van der Waals surface area contributed by atoms with Crippen molar-refractivity contribution in [2.45, 2.75) is 6.92 Å².